The summed E-state index contributed by atoms with van der Waals surface area (Å²) in [6.45, 7) is 7.61. The number of fused-ring (bicyclic) bond motifs is 4. The summed E-state index contributed by atoms with van der Waals surface area (Å²) < 4.78 is 0. The van der Waals surface area contributed by atoms with E-state index in [0.717, 1.165) is 76.7 Å². The predicted molar refractivity (Wildman–Crippen MR) is 179 cm³/mol. The van der Waals surface area contributed by atoms with Gasteiger partial charge in [-0.1, -0.05) is 97.1 Å². The Morgan fingerprint density at radius 2 is 0.841 bits per heavy atom. The monoisotopic (exact) mass is 558 g/mol. The number of benzene rings is 6. The van der Waals surface area contributed by atoms with Gasteiger partial charge < -0.3 is 0 Å². The molecule has 4 nitrogen and oxygen atoms in total. The van der Waals surface area contributed by atoms with Gasteiger partial charge in [0, 0.05) is 23.5 Å². The van der Waals surface area contributed by atoms with Crippen LogP contribution in [0.3, 0.4) is 0 Å². The first-order valence-electron chi connectivity index (χ1n) is 14.3. The summed E-state index contributed by atoms with van der Waals surface area (Å²) >= 11 is 0. The van der Waals surface area contributed by atoms with Gasteiger partial charge in [0.05, 0.1) is 29.6 Å². The van der Waals surface area contributed by atoms with Crippen LogP contribution in [0.5, 0.6) is 0 Å². The molecule has 0 spiro atoms. The minimum absolute atomic E-state index is 0.564. The van der Waals surface area contributed by atoms with Gasteiger partial charge in [-0.25, -0.2) is 4.85 Å². The van der Waals surface area contributed by atoms with Gasteiger partial charge in [-0.15, -0.1) is 0 Å². The Kier molecular flexibility index (Phi) is 5.86. The van der Waals surface area contributed by atoms with Gasteiger partial charge in [0.2, 0.25) is 0 Å². The number of aromatic nitrogens is 2. The third kappa shape index (κ3) is 3.83. The molecular weight excluding hydrogens is 536 g/mol. The standard InChI is InChI=1S/C40H22N4/c1-42-26-19-21-44-36(23-26)38-29-12-4-8-16-33(29)40(34-17-9-5-13-30(34)38)39-31-14-6-2-10-27(31)37(28-11-3-7-15-32(28)39)35-22-25(24-41)18-20-43-35/h2-23H. The van der Waals surface area contributed by atoms with Gasteiger partial charge in [0.1, 0.15) is 0 Å². The van der Waals surface area contributed by atoms with Crippen LogP contribution < -0.4 is 0 Å². The minimum Gasteiger partial charge on any atom is -0.259 e. The van der Waals surface area contributed by atoms with Crippen molar-refractivity contribution in [3.05, 3.63) is 151 Å². The van der Waals surface area contributed by atoms with Crippen LogP contribution in [0.15, 0.2) is 134 Å². The first-order chi connectivity index (χ1) is 21.8. The molecule has 0 aliphatic carbocycles. The summed E-state index contributed by atoms with van der Waals surface area (Å²) in [5.74, 6) is 0. The highest BCUT2D eigenvalue weighted by atomic mass is 14.7. The first-order valence-corrected chi connectivity index (χ1v) is 14.3. The Bertz CT molecular complexity index is 2240. The molecule has 0 N–H and O–H groups in total. The molecule has 0 aliphatic rings. The van der Waals surface area contributed by atoms with Crippen LogP contribution in [-0.2, 0) is 0 Å². The normalized spacial score (nSPS) is 11.1. The van der Waals surface area contributed by atoms with Crippen molar-refractivity contribution < 1.29 is 0 Å². The van der Waals surface area contributed by atoms with E-state index in [1.165, 1.54) is 0 Å². The van der Waals surface area contributed by atoms with Crippen LogP contribution in [0.4, 0.5) is 5.69 Å². The van der Waals surface area contributed by atoms with Crippen LogP contribution in [0.1, 0.15) is 5.56 Å². The minimum atomic E-state index is 0.564. The molecule has 0 aliphatic heterocycles. The van der Waals surface area contributed by atoms with Crippen molar-refractivity contribution in [3.8, 4) is 39.7 Å². The van der Waals surface area contributed by atoms with Crippen molar-refractivity contribution in [2.45, 2.75) is 0 Å². The maximum atomic E-state index is 9.67. The smallest absolute Gasteiger partial charge is 0.190 e. The molecular formula is C40H22N4. The fourth-order valence-electron chi connectivity index (χ4n) is 6.61. The lowest BCUT2D eigenvalue weighted by atomic mass is 9.82. The second-order valence-corrected chi connectivity index (χ2v) is 10.7. The highest BCUT2D eigenvalue weighted by molar-refractivity contribution is 6.29. The molecule has 6 aromatic carbocycles. The lowest BCUT2D eigenvalue weighted by Crippen LogP contribution is -1.96. The van der Waals surface area contributed by atoms with E-state index < -0.39 is 0 Å². The fourth-order valence-corrected chi connectivity index (χ4v) is 6.61. The summed E-state index contributed by atoms with van der Waals surface area (Å²) in [5.41, 5.74) is 7.04. The Balaban J connectivity index is 1.58. The van der Waals surface area contributed by atoms with E-state index in [0.29, 0.717) is 11.3 Å². The van der Waals surface area contributed by atoms with Crippen LogP contribution in [0.2, 0.25) is 0 Å². The number of nitriles is 1. The molecule has 0 saturated heterocycles. The highest BCUT2D eigenvalue weighted by Gasteiger charge is 2.22. The lowest BCUT2D eigenvalue weighted by molar-refractivity contribution is 1.32. The first kappa shape index (κ1) is 25.4. The Hall–Kier alpha value is -6.36. The van der Waals surface area contributed by atoms with Gasteiger partial charge >= 0.3 is 0 Å². The maximum Gasteiger partial charge on any atom is 0.190 e. The van der Waals surface area contributed by atoms with E-state index in [2.05, 4.69) is 108 Å². The molecule has 2 aromatic heterocycles. The second-order valence-electron chi connectivity index (χ2n) is 10.7. The molecule has 0 unspecified atom stereocenters. The largest absolute Gasteiger partial charge is 0.259 e. The molecule has 202 valence electrons. The number of pyridine rings is 2. The average molecular weight is 559 g/mol. The quantitative estimate of drug-likeness (QED) is 0.160. The summed E-state index contributed by atoms with van der Waals surface area (Å²) in [6, 6.07) is 43.5. The van der Waals surface area contributed by atoms with Gasteiger partial charge in [-0.05, 0) is 78.5 Å². The lowest BCUT2D eigenvalue weighted by Gasteiger charge is -2.21. The molecule has 0 fully saturated rings. The number of hydrogen-bond donors (Lipinski definition) is 0. The van der Waals surface area contributed by atoms with Gasteiger partial charge in [-0.3, -0.25) is 9.97 Å². The number of nitrogens with zero attached hydrogens (tertiary/aromatic N) is 4. The van der Waals surface area contributed by atoms with Crippen molar-refractivity contribution in [3.63, 3.8) is 0 Å². The van der Waals surface area contributed by atoms with Crippen molar-refractivity contribution >= 4 is 48.8 Å². The second kappa shape index (κ2) is 10.2. The number of hydrogen-bond acceptors (Lipinski definition) is 3. The fraction of sp³-hybridized carbons (Fsp3) is 0. The third-order valence-electron chi connectivity index (χ3n) is 8.39. The number of rotatable bonds is 3. The average Bonchev–Trinajstić information content (AvgIpc) is 3.09. The molecule has 0 radical (unpaired) electrons. The predicted octanol–water partition coefficient (Wildman–Crippen LogP) is 10.5. The molecule has 8 aromatic rings. The molecule has 8 rings (SSSR count). The SMILES string of the molecule is [C-]#[N+]c1ccnc(-c2c3ccccc3c(-c3c4ccccc4c(-c4cc(C#N)ccn4)c4ccccc34)c3ccccc23)c1. The Labute approximate surface area is 253 Å². The Morgan fingerprint density at radius 1 is 0.477 bits per heavy atom. The summed E-state index contributed by atoms with van der Waals surface area (Å²) in [5, 5.41) is 18.4. The molecule has 4 heteroatoms. The zero-order valence-electron chi connectivity index (χ0n) is 23.5. The third-order valence-corrected chi connectivity index (χ3v) is 8.39. The molecule has 44 heavy (non-hydrogen) atoms. The van der Waals surface area contributed by atoms with Crippen molar-refractivity contribution in [1.29, 1.82) is 5.26 Å². The zero-order valence-corrected chi connectivity index (χ0v) is 23.5. The van der Waals surface area contributed by atoms with Gasteiger partial charge in [0.15, 0.2) is 5.69 Å². The van der Waals surface area contributed by atoms with Crippen LogP contribution in [0.25, 0.3) is 81.6 Å². The van der Waals surface area contributed by atoms with E-state index in [-0.39, 0.29) is 0 Å². The van der Waals surface area contributed by atoms with E-state index in [1.807, 2.05) is 12.1 Å². The van der Waals surface area contributed by atoms with E-state index in [4.69, 9.17) is 16.5 Å². The highest BCUT2D eigenvalue weighted by Crippen LogP contribution is 2.49. The topological polar surface area (TPSA) is 53.9 Å². The van der Waals surface area contributed by atoms with Crippen LogP contribution in [0, 0.1) is 17.9 Å². The van der Waals surface area contributed by atoms with E-state index >= 15 is 0 Å². The summed E-state index contributed by atoms with van der Waals surface area (Å²) in [4.78, 5) is 13.2. The van der Waals surface area contributed by atoms with Gasteiger partial charge in [-0.2, -0.15) is 5.26 Å². The van der Waals surface area contributed by atoms with E-state index in [1.54, 1.807) is 24.5 Å². The van der Waals surface area contributed by atoms with Gasteiger partial charge in [0.25, 0.3) is 0 Å². The van der Waals surface area contributed by atoms with Crippen LogP contribution >= 0.6 is 0 Å². The molecule has 0 saturated carbocycles. The summed E-state index contributed by atoms with van der Waals surface area (Å²) in [7, 11) is 0. The van der Waals surface area contributed by atoms with Crippen molar-refractivity contribution in [2.75, 3.05) is 0 Å². The zero-order chi connectivity index (χ0) is 29.6. The molecule has 0 amide bonds. The van der Waals surface area contributed by atoms with E-state index in [9.17, 15) is 5.26 Å². The summed E-state index contributed by atoms with van der Waals surface area (Å²) in [6.07, 6.45) is 3.43. The maximum absolute atomic E-state index is 9.67. The van der Waals surface area contributed by atoms with Crippen LogP contribution in [-0.4, -0.2) is 9.97 Å². The Morgan fingerprint density at radius 3 is 1.23 bits per heavy atom. The van der Waals surface area contributed by atoms with Crippen molar-refractivity contribution in [1.82, 2.24) is 9.97 Å². The molecule has 0 bridgehead atoms. The molecule has 0 atom stereocenters. The molecule has 2 heterocycles. The van der Waals surface area contributed by atoms with Crippen molar-refractivity contribution in [2.24, 2.45) is 0 Å².